The first-order valence-electron chi connectivity index (χ1n) is 9.73. The van der Waals surface area contributed by atoms with Crippen LogP contribution in [-0.2, 0) is 9.59 Å². The number of carbonyl (C=O) groups excluding carboxylic acids is 2. The Hall–Kier alpha value is -2.35. The van der Waals surface area contributed by atoms with Gasteiger partial charge >= 0.3 is 0 Å². The minimum absolute atomic E-state index is 0.0346. The third-order valence-corrected chi connectivity index (χ3v) is 7.53. The second kappa shape index (κ2) is 6.34. The molecule has 1 aromatic heterocycles. The number of aromatic nitrogens is 2. The van der Waals surface area contributed by atoms with Gasteiger partial charge in [-0.15, -0.1) is 11.8 Å². The average Bonchev–Trinajstić information content (AvgIpc) is 3.13. The zero-order valence-electron chi connectivity index (χ0n) is 16.1. The van der Waals surface area contributed by atoms with Crippen molar-refractivity contribution in [2.75, 3.05) is 35.7 Å². The van der Waals surface area contributed by atoms with E-state index < -0.39 is 6.04 Å². The van der Waals surface area contributed by atoms with Crippen LogP contribution in [0.3, 0.4) is 0 Å². The Morgan fingerprint density at radius 3 is 2.64 bits per heavy atom. The van der Waals surface area contributed by atoms with Gasteiger partial charge in [-0.25, -0.2) is 9.97 Å². The molecule has 146 valence electrons. The number of fused-ring (bicyclic) bond motifs is 3. The van der Waals surface area contributed by atoms with Crippen molar-refractivity contribution in [3.8, 4) is 0 Å². The maximum absolute atomic E-state index is 13.6. The van der Waals surface area contributed by atoms with E-state index in [0.29, 0.717) is 24.5 Å². The lowest BCUT2D eigenvalue weighted by atomic mass is 10.2. The summed E-state index contributed by atoms with van der Waals surface area (Å²) in [5.74, 6) is 2.03. The number of benzene rings is 1. The summed E-state index contributed by atoms with van der Waals surface area (Å²) in [5, 5.41) is 0. The van der Waals surface area contributed by atoms with Crippen molar-refractivity contribution >= 4 is 46.2 Å². The molecule has 0 N–H and O–H groups in total. The quantitative estimate of drug-likeness (QED) is 0.735. The van der Waals surface area contributed by atoms with Gasteiger partial charge in [0.15, 0.2) is 11.6 Å². The van der Waals surface area contributed by atoms with Crippen LogP contribution in [0.2, 0.25) is 0 Å². The molecule has 1 aromatic carbocycles. The molecule has 0 unspecified atom stereocenters. The van der Waals surface area contributed by atoms with Crippen LogP contribution in [0.5, 0.6) is 0 Å². The Morgan fingerprint density at radius 1 is 1.18 bits per heavy atom. The molecular formula is C20H23N5O2S. The van der Waals surface area contributed by atoms with Gasteiger partial charge in [-0.3, -0.25) is 14.5 Å². The Morgan fingerprint density at radius 2 is 1.89 bits per heavy atom. The van der Waals surface area contributed by atoms with Gasteiger partial charge in [0.1, 0.15) is 6.04 Å². The van der Waals surface area contributed by atoms with Crippen LogP contribution in [0.25, 0.3) is 11.0 Å². The molecule has 8 heteroatoms. The molecule has 2 atom stereocenters. The standard InChI is InChI=1S/C20H23N5O2S/c1-20-9-8-16(26)25(20)15(12-28-20)19(27)24-11-5-10-23(2)17-18(24)22-14-7-4-3-6-13(14)21-17/h3-4,6-7,15H,5,8-12H2,1-2H3/t15-,20-/m0/s1. The van der Waals surface area contributed by atoms with E-state index in [1.54, 1.807) is 16.7 Å². The second-order valence-electron chi connectivity index (χ2n) is 7.89. The molecule has 2 saturated heterocycles. The van der Waals surface area contributed by atoms with Crippen LogP contribution < -0.4 is 9.80 Å². The zero-order valence-corrected chi connectivity index (χ0v) is 16.9. The number of carbonyl (C=O) groups is 2. The van der Waals surface area contributed by atoms with Crippen molar-refractivity contribution in [2.24, 2.45) is 0 Å². The second-order valence-corrected chi connectivity index (χ2v) is 9.39. The summed E-state index contributed by atoms with van der Waals surface area (Å²) < 4.78 is 0. The van der Waals surface area contributed by atoms with E-state index in [1.807, 2.05) is 36.2 Å². The number of hydrogen-bond acceptors (Lipinski definition) is 6. The van der Waals surface area contributed by atoms with Crippen LogP contribution in [0, 0.1) is 0 Å². The fraction of sp³-hybridized carbons (Fsp3) is 0.500. The molecule has 0 radical (unpaired) electrons. The van der Waals surface area contributed by atoms with E-state index in [1.165, 1.54) is 0 Å². The summed E-state index contributed by atoms with van der Waals surface area (Å²) in [4.78, 5) is 41.1. The van der Waals surface area contributed by atoms with E-state index in [-0.39, 0.29) is 16.7 Å². The zero-order chi connectivity index (χ0) is 19.5. The normalized spacial score (nSPS) is 27.1. The summed E-state index contributed by atoms with van der Waals surface area (Å²) in [6.07, 6.45) is 2.17. The van der Waals surface area contributed by atoms with Gasteiger partial charge in [-0.1, -0.05) is 12.1 Å². The summed E-state index contributed by atoms with van der Waals surface area (Å²) in [7, 11) is 1.99. The third kappa shape index (κ3) is 2.57. The minimum atomic E-state index is -0.422. The number of thioether (sulfide) groups is 1. The van der Waals surface area contributed by atoms with Crippen molar-refractivity contribution in [1.82, 2.24) is 14.9 Å². The van der Waals surface area contributed by atoms with Crippen molar-refractivity contribution in [2.45, 2.75) is 37.1 Å². The fourth-order valence-electron chi connectivity index (χ4n) is 4.49. The number of rotatable bonds is 1. The van der Waals surface area contributed by atoms with Crippen molar-refractivity contribution in [3.05, 3.63) is 24.3 Å². The molecule has 7 nitrogen and oxygen atoms in total. The molecule has 3 aliphatic rings. The lowest BCUT2D eigenvalue weighted by Crippen LogP contribution is -2.51. The van der Waals surface area contributed by atoms with Crippen LogP contribution in [0.15, 0.2) is 24.3 Å². The number of nitrogens with zero attached hydrogens (tertiary/aromatic N) is 5. The van der Waals surface area contributed by atoms with Gasteiger partial charge in [-0.05, 0) is 31.9 Å². The van der Waals surface area contributed by atoms with Gasteiger partial charge < -0.3 is 9.80 Å². The lowest BCUT2D eigenvalue weighted by molar-refractivity contribution is -0.136. The van der Waals surface area contributed by atoms with Gasteiger partial charge in [-0.2, -0.15) is 0 Å². The fourth-order valence-corrected chi connectivity index (χ4v) is 5.92. The molecule has 28 heavy (non-hydrogen) atoms. The number of amides is 2. The largest absolute Gasteiger partial charge is 0.357 e. The topological polar surface area (TPSA) is 69.6 Å². The van der Waals surface area contributed by atoms with Crippen LogP contribution in [-0.4, -0.2) is 63.5 Å². The first-order valence-corrected chi connectivity index (χ1v) is 10.7. The van der Waals surface area contributed by atoms with E-state index >= 15 is 0 Å². The Kier molecular flexibility index (Phi) is 4.01. The maximum atomic E-state index is 13.6. The number of para-hydroxylation sites is 2. The van der Waals surface area contributed by atoms with Gasteiger partial charge in [0.05, 0.1) is 15.9 Å². The average molecular weight is 398 g/mol. The Bertz CT molecular complexity index is 982. The highest BCUT2D eigenvalue weighted by Gasteiger charge is 2.54. The molecule has 5 rings (SSSR count). The van der Waals surface area contributed by atoms with Gasteiger partial charge in [0.2, 0.25) is 5.91 Å². The summed E-state index contributed by atoms with van der Waals surface area (Å²) >= 11 is 1.72. The Balaban J connectivity index is 1.57. The first kappa shape index (κ1) is 17.7. The molecule has 0 saturated carbocycles. The van der Waals surface area contributed by atoms with Gasteiger partial charge in [0.25, 0.3) is 5.91 Å². The van der Waals surface area contributed by atoms with Crippen molar-refractivity contribution in [1.29, 1.82) is 0 Å². The predicted octanol–water partition coefficient (Wildman–Crippen LogP) is 2.26. The smallest absolute Gasteiger partial charge is 0.251 e. The Labute approximate surface area is 168 Å². The lowest BCUT2D eigenvalue weighted by Gasteiger charge is -2.32. The van der Waals surface area contributed by atoms with Crippen LogP contribution >= 0.6 is 11.8 Å². The van der Waals surface area contributed by atoms with E-state index in [0.717, 1.165) is 36.2 Å². The highest BCUT2D eigenvalue weighted by Crippen LogP contribution is 2.48. The predicted molar refractivity (Wildman–Crippen MR) is 111 cm³/mol. The molecule has 3 aliphatic heterocycles. The van der Waals surface area contributed by atoms with E-state index in [2.05, 4.69) is 11.8 Å². The molecule has 2 fully saturated rings. The van der Waals surface area contributed by atoms with Crippen molar-refractivity contribution < 1.29 is 9.59 Å². The van der Waals surface area contributed by atoms with Crippen LogP contribution in [0.4, 0.5) is 11.6 Å². The van der Waals surface area contributed by atoms with E-state index in [4.69, 9.17) is 9.97 Å². The maximum Gasteiger partial charge on any atom is 0.251 e. The summed E-state index contributed by atoms with van der Waals surface area (Å²) in [6.45, 7) is 3.47. The molecule has 0 aliphatic carbocycles. The summed E-state index contributed by atoms with van der Waals surface area (Å²) in [6, 6.07) is 7.31. The van der Waals surface area contributed by atoms with Gasteiger partial charge in [0, 0.05) is 32.3 Å². The van der Waals surface area contributed by atoms with Crippen molar-refractivity contribution in [3.63, 3.8) is 0 Å². The molecule has 0 spiro atoms. The molecule has 2 aromatic rings. The highest BCUT2D eigenvalue weighted by atomic mass is 32.2. The highest BCUT2D eigenvalue weighted by molar-refractivity contribution is 8.01. The minimum Gasteiger partial charge on any atom is -0.357 e. The monoisotopic (exact) mass is 397 g/mol. The number of anilines is 2. The first-order chi connectivity index (χ1) is 13.5. The van der Waals surface area contributed by atoms with E-state index in [9.17, 15) is 9.59 Å². The SMILES string of the molecule is CN1CCCN(C(=O)[C@@H]2CS[C@@]3(C)CCC(=O)N23)c2nc3ccccc3nc21. The molecule has 4 heterocycles. The van der Waals surface area contributed by atoms with Crippen LogP contribution in [0.1, 0.15) is 26.2 Å². The molecule has 2 amide bonds. The third-order valence-electron chi connectivity index (χ3n) is 6.02. The molecular weight excluding hydrogens is 374 g/mol. The number of hydrogen-bond donors (Lipinski definition) is 0. The summed E-state index contributed by atoms with van der Waals surface area (Å²) in [5.41, 5.74) is 1.60. The molecule has 0 bridgehead atoms.